The van der Waals surface area contributed by atoms with Gasteiger partial charge in [0, 0.05) is 6.42 Å². The lowest BCUT2D eigenvalue weighted by atomic mass is 9.79. The van der Waals surface area contributed by atoms with Gasteiger partial charge in [0.15, 0.2) is 0 Å². The molecule has 1 rings (SSSR count). The number of carbonyl (C=O) groups is 1. The Kier molecular flexibility index (Phi) is 3.73. The van der Waals surface area contributed by atoms with Crippen LogP contribution in [0.4, 0.5) is 0 Å². The van der Waals surface area contributed by atoms with Gasteiger partial charge in [-0.3, -0.25) is 4.79 Å². The molecule has 3 atom stereocenters. The fourth-order valence-electron chi connectivity index (χ4n) is 2.11. The Morgan fingerprint density at radius 2 is 1.93 bits per heavy atom. The molecule has 1 aliphatic carbocycles. The minimum Gasteiger partial charge on any atom is -0.462 e. The zero-order valence-electron chi connectivity index (χ0n) is 9.56. The zero-order chi connectivity index (χ0) is 11.6. The molecule has 15 heavy (non-hydrogen) atoms. The molecule has 88 valence electrons. The second-order valence-electron chi connectivity index (χ2n) is 4.46. The normalized spacial score (nSPS) is 37.7. The van der Waals surface area contributed by atoms with Crippen molar-refractivity contribution in [3.63, 3.8) is 0 Å². The summed E-state index contributed by atoms with van der Waals surface area (Å²) in [5.74, 6) is -0.296. The second-order valence-corrected chi connectivity index (χ2v) is 4.46. The molecule has 0 aromatic carbocycles. The third-order valence-corrected chi connectivity index (χ3v) is 3.62. The SMILES string of the molecule is CCC(=O)OC(C)C1(C)C(O)CCC1O. The van der Waals surface area contributed by atoms with E-state index in [1.165, 1.54) is 0 Å². The summed E-state index contributed by atoms with van der Waals surface area (Å²) in [6.07, 6.45) is -0.235. The fraction of sp³-hybridized carbons (Fsp3) is 0.909. The molecule has 0 radical (unpaired) electrons. The maximum absolute atomic E-state index is 11.1. The maximum atomic E-state index is 11.1. The minimum absolute atomic E-state index is 0.296. The molecule has 0 spiro atoms. The van der Waals surface area contributed by atoms with Crippen molar-refractivity contribution in [1.82, 2.24) is 0 Å². The van der Waals surface area contributed by atoms with E-state index < -0.39 is 23.7 Å². The Labute approximate surface area is 90.2 Å². The van der Waals surface area contributed by atoms with Gasteiger partial charge in [-0.15, -0.1) is 0 Å². The van der Waals surface area contributed by atoms with E-state index in [1.54, 1.807) is 20.8 Å². The summed E-state index contributed by atoms with van der Waals surface area (Å²) in [6.45, 7) is 5.22. The number of rotatable bonds is 3. The lowest BCUT2D eigenvalue weighted by molar-refractivity contribution is -0.164. The Morgan fingerprint density at radius 3 is 2.33 bits per heavy atom. The lowest BCUT2D eigenvalue weighted by Gasteiger charge is -2.36. The summed E-state index contributed by atoms with van der Waals surface area (Å²) >= 11 is 0. The predicted molar refractivity (Wildman–Crippen MR) is 55.2 cm³/mol. The van der Waals surface area contributed by atoms with Crippen molar-refractivity contribution >= 4 is 5.97 Å². The van der Waals surface area contributed by atoms with E-state index >= 15 is 0 Å². The molecule has 1 fully saturated rings. The zero-order valence-corrected chi connectivity index (χ0v) is 9.56. The van der Waals surface area contributed by atoms with E-state index in [1.807, 2.05) is 0 Å². The van der Waals surface area contributed by atoms with Crippen molar-refractivity contribution in [2.45, 2.75) is 58.3 Å². The number of hydrogen-bond acceptors (Lipinski definition) is 4. The first-order valence-corrected chi connectivity index (χ1v) is 5.48. The molecule has 2 N–H and O–H groups in total. The van der Waals surface area contributed by atoms with Gasteiger partial charge in [0.2, 0.25) is 0 Å². The van der Waals surface area contributed by atoms with Gasteiger partial charge in [-0.1, -0.05) is 13.8 Å². The van der Waals surface area contributed by atoms with Crippen molar-refractivity contribution in [1.29, 1.82) is 0 Å². The predicted octanol–water partition coefficient (Wildman–Crippen LogP) is 0.850. The average molecular weight is 216 g/mol. The van der Waals surface area contributed by atoms with Gasteiger partial charge in [-0.05, 0) is 19.8 Å². The minimum atomic E-state index is -0.731. The van der Waals surface area contributed by atoms with Crippen molar-refractivity contribution in [3.05, 3.63) is 0 Å². The van der Waals surface area contributed by atoms with Crippen LogP contribution < -0.4 is 0 Å². The molecule has 0 bridgehead atoms. The van der Waals surface area contributed by atoms with Gasteiger partial charge in [0.1, 0.15) is 6.10 Å². The number of carbonyl (C=O) groups excluding carboxylic acids is 1. The smallest absolute Gasteiger partial charge is 0.305 e. The van der Waals surface area contributed by atoms with Gasteiger partial charge in [-0.2, -0.15) is 0 Å². The summed E-state index contributed by atoms with van der Waals surface area (Å²) in [5.41, 5.74) is -0.731. The molecule has 1 saturated carbocycles. The number of esters is 1. The third-order valence-electron chi connectivity index (χ3n) is 3.62. The van der Waals surface area contributed by atoms with Crippen LogP contribution >= 0.6 is 0 Å². The molecule has 0 aromatic rings. The van der Waals surface area contributed by atoms with Crippen LogP contribution in [0.15, 0.2) is 0 Å². The van der Waals surface area contributed by atoms with Gasteiger partial charge in [-0.25, -0.2) is 0 Å². The van der Waals surface area contributed by atoms with E-state index in [0.717, 1.165) is 0 Å². The Balaban J connectivity index is 2.71. The summed E-state index contributed by atoms with van der Waals surface area (Å²) < 4.78 is 5.17. The summed E-state index contributed by atoms with van der Waals surface area (Å²) in [5, 5.41) is 19.6. The summed E-state index contributed by atoms with van der Waals surface area (Å²) in [7, 11) is 0. The van der Waals surface area contributed by atoms with Crippen LogP contribution in [0.25, 0.3) is 0 Å². The molecular formula is C11H20O4. The highest BCUT2D eigenvalue weighted by Gasteiger charge is 2.50. The van der Waals surface area contributed by atoms with Crippen LogP contribution in [0.2, 0.25) is 0 Å². The quantitative estimate of drug-likeness (QED) is 0.686. The Morgan fingerprint density at radius 1 is 1.47 bits per heavy atom. The molecule has 0 aromatic heterocycles. The molecule has 0 amide bonds. The van der Waals surface area contributed by atoms with Crippen LogP contribution in [-0.4, -0.2) is 34.5 Å². The lowest BCUT2D eigenvalue weighted by Crippen LogP contribution is -2.46. The van der Waals surface area contributed by atoms with Crippen LogP contribution in [0.3, 0.4) is 0 Å². The highest BCUT2D eigenvalue weighted by Crippen LogP contribution is 2.42. The van der Waals surface area contributed by atoms with Crippen molar-refractivity contribution in [2.24, 2.45) is 5.41 Å². The van der Waals surface area contributed by atoms with Crippen molar-refractivity contribution in [2.75, 3.05) is 0 Å². The Bertz CT molecular complexity index is 229. The molecule has 4 nitrogen and oxygen atoms in total. The van der Waals surface area contributed by atoms with Gasteiger partial charge < -0.3 is 14.9 Å². The van der Waals surface area contributed by atoms with E-state index in [2.05, 4.69) is 0 Å². The largest absolute Gasteiger partial charge is 0.462 e. The van der Waals surface area contributed by atoms with Gasteiger partial charge in [0.05, 0.1) is 17.6 Å². The number of ether oxygens (including phenoxy) is 1. The summed E-state index contributed by atoms with van der Waals surface area (Å²) in [6, 6.07) is 0. The van der Waals surface area contributed by atoms with E-state index in [4.69, 9.17) is 4.74 Å². The molecule has 0 saturated heterocycles. The average Bonchev–Trinajstić information content (AvgIpc) is 2.46. The summed E-state index contributed by atoms with van der Waals surface area (Å²) in [4.78, 5) is 11.1. The third kappa shape index (κ3) is 2.16. The molecule has 3 unspecified atom stereocenters. The number of aliphatic hydroxyl groups is 2. The Hall–Kier alpha value is -0.610. The number of hydrogen-bond donors (Lipinski definition) is 2. The number of aliphatic hydroxyl groups excluding tert-OH is 2. The van der Waals surface area contributed by atoms with Gasteiger partial charge >= 0.3 is 5.97 Å². The molecule has 1 aliphatic rings. The monoisotopic (exact) mass is 216 g/mol. The maximum Gasteiger partial charge on any atom is 0.305 e. The van der Waals surface area contributed by atoms with Crippen LogP contribution in [0, 0.1) is 5.41 Å². The standard InChI is InChI=1S/C11H20O4/c1-4-10(14)15-7(2)11(3)8(12)5-6-9(11)13/h7-9,12-13H,4-6H2,1-3H3. The van der Waals surface area contributed by atoms with Crippen molar-refractivity contribution < 1.29 is 19.7 Å². The fourth-order valence-corrected chi connectivity index (χ4v) is 2.11. The van der Waals surface area contributed by atoms with Gasteiger partial charge in [0.25, 0.3) is 0 Å². The van der Waals surface area contributed by atoms with Crippen LogP contribution in [0.5, 0.6) is 0 Å². The second kappa shape index (κ2) is 4.49. The molecule has 0 aliphatic heterocycles. The van der Waals surface area contributed by atoms with Crippen molar-refractivity contribution in [3.8, 4) is 0 Å². The van der Waals surface area contributed by atoms with E-state index in [0.29, 0.717) is 19.3 Å². The first kappa shape index (κ1) is 12.5. The molecule has 4 heteroatoms. The van der Waals surface area contributed by atoms with Crippen LogP contribution in [0.1, 0.15) is 40.0 Å². The first-order valence-electron chi connectivity index (χ1n) is 5.48. The molecule has 0 heterocycles. The first-order chi connectivity index (χ1) is 6.92. The van der Waals surface area contributed by atoms with Crippen LogP contribution in [-0.2, 0) is 9.53 Å². The molecular weight excluding hydrogens is 196 g/mol. The highest BCUT2D eigenvalue weighted by molar-refractivity contribution is 5.69. The van der Waals surface area contributed by atoms with E-state index in [-0.39, 0.29) is 5.97 Å². The van der Waals surface area contributed by atoms with E-state index in [9.17, 15) is 15.0 Å². The topological polar surface area (TPSA) is 66.8 Å². The highest BCUT2D eigenvalue weighted by atomic mass is 16.5.